The van der Waals surface area contributed by atoms with Crippen LogP contribution in [0, 0.1) is 6.92 Å². The Balaban J connectivity index is 1.71. The first-order valence-corrected chi connectivity index (χ1v) is 7.57. The van der Waals surface area contributed by atoms with Gasteiger partial charge >= 0.3 is 0 Å². The number of amides is 1. The summed E-state index contributed by atoms with van der Waals surface area (Å²) in [5.74, 6) is 1.66. The molecule has 0 bridgehead atoms. The van der Waals surface area contributed by atoms with Gasteiger partial charge in [-0.05, 0) is 49.4 Å². The monoisotopic (exact) mass is 319 g/mol. The molecule has 0 aliphatic heterocycles. The Bertz CT molecular complexity index is 834. The van der Waals surface area contributed by atoms with Gasteiger partial charge in [0.25, 0.3) is 0 Å². The standard InChI is InChI=1S/C20H17NO3/c1-15-8-10-17(11-9-15)24-19-7-3-2-6-18(19)21-20(22)13-12-16-5-4-14-23-16/h2-14H,1H3,(H,21,22)/b13-12+. The molecule has 0 spiro atoms. The Morgan fingerprint density at radius 2 is 1.83 bits per heavy atom. The average molecular weight is 319 g/mol. The normalized spacial score (nSPS) is 10.7. The van der Waals surface area contributed by atoms with Crippen molar-refractivity contribution in [2.24, 2.45) is 0 Å². The van der Waals surface area contributed by atoms with Gasteiger partial charge in [0.15, 0.2) is 5.75 Å². The maximum atomic E-state index is 12.1. The van der Waals surface area contributed by atoms with E-state index in [4.69, 9.17) is 9.15 Å². The zero-order chi connectivity index (χ0) is 16.8. The average Bonchev–Trinajstić information content (AvgIpc) is 3.10. The number of benzene rings is 2. The minimum absolute atomic E-state index is 0.258. The largest absolute Gasteiger partial charge is 0.465 e. The molecule has 0 atom stereocenters. The van der Waals surface area contributed by atoms with E-state index in [0.29, 0.717) is 22.9 Å². The number of ether oxygens (including phenoxy) is 1. The Labute approximate surface area is 140 Å². The van der Waals surface area contributed by atoms with Gasteiger partial charge in [0.1, 0.15) is 11.5 Å². The van der Waals surface area contributed by atoms with E-state index in [0.717, 1.165) is 5.56 Å². The SMILES string of the molecule is Cc1ccc(Oc2ccccc2NC(=O)/C=C/c2ccco2)cc1. The second kappa shape index (κ2) is 7.33. The number of para-hydroxylation sites is 2. The van der Waals surface area contributed by atoms with Crippen molar-refractivity contribution in [2.45, 2.75) is 6.92 Å². The molecular formula is C20H17NO3. The van der Waals surface area contributed by atoms with Crippen LogP contribution in [-0.2, 0) is 4.79 Å². The highest BCUT2D eigenvalue weighted by Gasteiger charge is 2.06. The number of anilines is 1. The lowest BCUT2D eigenvalue weighted by Gasteiger charge is -2.11. The molecule has 3 aromatic rings. The molecule has 3 rings (SSSR count). The molecule has 1 heterocycles. The molecule has 0 saturated heterocycles. The number of hydrogen-bond acceptors (Lipinski definition) is 3. The van der Waals surface area contributed by atoms with Crippen molar-refractivity contribution in [2.75, 3.05) is 5.32 Å². The van der Waals surface area contributed by atoms with Crippen LogP contribution in [0.2, 0.25) is 0 Å². The van der Waals surface area contributed by atoms with Crippen LogP contribution in [0.4, 0.5) is 5.69 Å². The second-order valence-electron chi connectivity index (χ2n) is 5.25. The number of carbonyl (C=O) groups excluding carboxylic acids is 1. The summed E-state index contributed by atoms with van der Waals surface area (Å²) in [6, 6.07) is 18.6. The van der Waals surface area contributed by atoms with Crippen molar-refractivity contribution in [3.05, 3.63) is 84.3 Å². The number of aryl methyl sites for hydroxylation is 1. The zero-order valence-corrected chi connectivity index (χ0v) is 13.2. The summed E-state index contributed by atoms with van der Waals surface area (Å²) in [6.45, 7) is 2.02. The summed E-state index contributed by atoms with van der Waals surface area (Å²) in [6.07, 6.45) is 4.59. The quantitative estimate of drug-likeness (QED) is 0.671. The van der Waals surface area contributed by atoms with E-state index in [1.807, 2.05) is 49.4 Å². The van der Waals surface area contributed by atoms with Crippen LogP contribution >= 0.6 is 0 Å². The number of furan rings is 1. The first-order valence-electron chi connectivity index (χ1n) is 7.57. The summed E-state index contributed by atoms with van der Waals surface area (Å²) in [5, 5.41) is 2.81. The smallest absolute Gasteiger partial charge is 0.248 e. The van der Waals surface area contributed by atoms with Crippen molar-refractivity contribution in [3.63, 3.8) is 0 Å². The van der Waals surface area contributed by atoms with E-state index in [1.54, 1.807) is 30.5 Å². The van der Waals surface area contributed by atoms with Crippen LogP contribution in [0.3, 0.4) is 0 Å². The van der Waals surface area contributed by atoms with Gasteiger partial charge in [-0.2, -0.15) is 0 Å². The van der Waals surface area contributed by atoms with Gasteiger partial charge in [-0.1, -0.05) is 29.8 Å². The Morgan fingerprint density at radius 1 is 1.04 bits per heavy atom. The number of carbonyl (C=O) groups is 1. The molecule has 120 valence electrons. The van der Waals surface area contributed by atoms with Crippen molar-refractivity contribution < 1.29 is 13.9 Å². The first kappa shape index (κ1) is 15.6. The van der Waals surface area contributed by atoms with Crippen molar-refractivity contribution in [3.8, 4) is 11.5 Å². The van der Waals surface area contributed by atoms with E-state index in [9.17, 15) is 4.79 Å². The summed E-state index contributed by atoms with van der Waals surface area (Å²) >= 11 is 0. The second-order valence-corrected chi connectivity index (χ2v) is 5.25. The molecule has 4 heteroatoms. The van der Waals surface area contributed by atoms with Gasteiger partial charge in [-0.3, -0.25) is 4.79 Å². The molecule has 1 N–H and O–H groups in total. The Morgan fingerprint density at radius 3 is 2.58 bits per heavy atom. The van der Waals surface area contributed by atoms with Crippen molar-refractivity contribution in [1.29, 1.82) is 0 Å². The molecule has 0 unspecified atom stereocenters. The van der Waals surface area contributed by atoms with E-state index < -0.39 is 0 Å². The fourth-order valence-electron chi connectivity index (χ4n) is 2.11. The highest BCUT2D eigenvalue weighted by atomic mass is 16.5. The van der Waals surface area contributed by atoms with Crippen molar-refractivity contribution >= 4 is 17.7 Å². The number of hydrogen-bond donors (Lipinski definition) is 1. The van der Waals surface area contributed by atoms with Crippen LogP contribution in [0.15, 0.2) is 77.4 Å². The third-order valence-corrected chi connectivity index (χ3v) is 3.34. The van der Waals surface area contributed by atoms with E-state index >= 15 is 0 Å². The van der Waals surface area contributed by atoms with E-state index in [1.165, 1.54) is 6.08 Å². The lowest BCUT2D eigenvalue weighted by molar-refractivity contribution is -0.111. The van der Waals surface area contributed by atoms with Crippen molar-refractivity contribution in [1.82, 2.24) is 0 Å². The molecule has 1 aromatic heterocycles. The summed E-state index contributed by atoms with van der Waals surface area (Å²) in [7, 11) is 0. The van der Waals surface area contributed by atoms with Gasteiger partial charge in [-0.15, -0.1) is 0 Å². The first-order chi connectivity index (χ1) is 11.7. The molecule has 0 aliphatic rings. The molecular weight excluding hydrogens is 302 g/mol. The molecule has 1 amide bonds. The van der Waals surface area contributed by atoms with E-state index in [-0.39, 0.29) is 5.91 Å². The van der Waals surface area contributed by atoms with Crippen LogP contribution in [0.1, 0.15) is 11.3 Å². The van der Waals surface area contributed by atoms with Crippen LogP contribution in [0.5, 0.6) is 11.5 Å². The third kappa shape index (κ3) is 4.14. The third-order valence-electron chi connectivity index (χ3n) is 3.34. The van der Waals surface area contributed by atoms with Crippen LogP contribution < -0.4 is 10.1 Å². The molecule has 0 aliphatic carbocycles. The molecule has 4 nitrogen and oxygen atoms in total. The minimum Gasteiger partial charge on any atom is -0.465 e. The fourth-order valence-corrected chi connectivity index (χ4v) is 2.11. The van der Waals surface area contributed by atoms with Gasteiger partial charge in [0.05, 0.1) is 12.0 Å². The van der Waals surface area contributed by atoms with Gasteiger partial charge in [0.2, 0.25) is 5.91 Å². The van der Waals surface area contributed by atoms with Gasteiger partial charge in [0, 0.05) is 6.08 Å². The molecule has 0 saturated carbocycles. The summed E-state index contributed by atoms with van der Waals surface area (Å²) in [4.78, 5) is 12.1. The highest BCUT2D eigenvalue weighted by molar-refractivity contribution is 6.02. The van der Waals surface area contributed by atoms with Gasteiger partial charge in [-0.25, -0.2) is 0 Å². The van der Waals surface area contributed by atoms with Gasteiger partial charge < -0.3 is 14.5 Å². The summed E-state index contributed by atoms with van der Waals surface area (Å²) < 4.78 is 11.0. The van der Waals surface area contributed by atoms with Crippen LogP contribution in [-0.4, -0.2) is 5.91 Å². The number of nitrogens with one attached hydrogen (secondary N) is 1. The predicted octanol–water partition coefficient (Wildman–Crippen LogP) is 5.03. The molecule has 2 aromatic carbocycles. The predicted molar refractivity (Wildman–Crippen MR) is 94.1 cm³/mol. The van der Waals surface area contributed by atoms with E-state index in [2.05, 4.69) is 5.32 Å². The Hall–Kier alpha value is -3.27. The maximum absolute atomic E-state index is 12.1. The fraction of sp³-hybridized carbons (Fsp3) is 0.0500. The van der Waals surface area contributed by atoms with Crippen LogP contribution in [0.25, 0.3) is 6.08 Å². The molecule has 24 heavy (non-hydrogen) atoms. The Kier molecular flexibility index (Phi) is 4.77. The topological polar surface area (TPSA) is 51.5 Å². The lowest BCUT2D eigenvalue weighted by Crippen LogP contribution is -2.08. The number of rotatable bonds is 5. The summed E-state index contributed by atoms with van der Waals surface area (Å²) in [5.41, 5.74) is 1.76. The molecule has 0 radical (unpaired) electrons. The maximum Gasteiger partial charge on any atom is 0.248 e. The minimum atomic E-state index is -0.258. The lowest BCUT2D eigenvalue weighted by atomic mass is 10.2. The zero-order valence-electron chi connectivity index (χ0n) is 13.2. The molecule has 0 fully saturated rings. The highest BCUT2D eigenvalue weighted by Crippen LogP contribution is 2.29.